The van der Waals surface area contributed by atoms with Gasteiger partial charge in [-0.2, -0.15) is 0 Å². The number of hydrogen-bond donors (Lipinski definition) is 0. The summed E-state index contributed by atoms with van der Waals surface area (Å²) in [6, 6.07) is 5.29. The van der Waals surface area contributed by atoms with Gasteiger partial charge < -0.3 is 0 Å². The zero-order valence-corrected chi connectivity index (χ0v) is 9.33. The van der Waals surface area contributed by atoms with E-state index in [0.29, 0.717) is 0 Å². The largest absolute Gasteiger partial charge is 0.207 e. The zero-order valence-electron chi connectivity index (χ0n) is 8.52. The van der Waals surface area contributed by atoms with E-state index >= 15 is 0 Å². The summed E-state index contributed by atoms with van der Waals surface area (Å²) in [4.78, 5) is 1.12. The minimum atomic E-state index is -0.115. The summed E-state index contributed by atoms with van der Waals surface area (Å²) < 4.78 is 13.4. The molecule has 0 aromatic heterocycles. The molecule has 0 heterocycles. The average Bonchev–Trinajstić information content (AvgIpc) is 2.03. The van der Waals surface area contributed by atoms with Crippen LogP contribution in [-0.4, -0.2) is 6.26 Å². The van der Waals surface area contributed by atoms with Crippen molar-refractivity contribution in [3.05, 3.63) is 29.6 Å². The third-order valence-corrected chi connectivity index (χ3v) is 2.71. The van der Waals surface area contributed by atoms with Crippen molar-refractivity contribution < 1.29 is 4.39 Å². The third-order valence-electron chi connectivity index (χ3n) is 1.98. The lowest BCUT2D eigenvalue weighted by Gasteiger charge is -2.20. The Hall–Kier alpha value is -0.500. The van der Waals surface area contributed by atoms with Gasteiger partial charge in [-0.1, -0.05) is 20.8 Å². The molecule has 0 amide bonds. The molecule has 0 radical (unpaired) electrons. The van der Waals surface area contributed by atoms with Crippen molar-refractivity contribution in [3.8, 4) is 0 Å². The second kappa shape index (κ2) is 3.70. The standard InChI is InChI=1S/C11H15FS/c1-11(2,3)9-7-8(13-4)5-6-10(9)12/h5-7H,1-4H3. The van der Waals surface area contributed by atoms with E-state index in [1.54, 1.807) is 17.8 Å². The van der Waals surface area contributed by atoms with Gasteiger partial charge in [-0.15, -0.1) is 11.8 Å². The Morgan fingerprint density at radius 2 is 1.85 bits per heavy atom. The summed E-state index contributed by atoms with van der Waals surface area (Å²) in [7, 11) is 0. The number of thioether (sulfide) groups is 1. The van der Waals surface area contributed by atoms with Gasteiger partial charge in [-0.25, -0.2) is 4.39 Å². The minimum absolute atomic E-state index is 0.106. The molecule has 0 fully saturated rings. The minimum Gasteiger partial charge on any atom is -0.207 e. The maximum absolute atomic E-state index is 13.4. The quantitative estimate of drug-likeness (QED) is 0.618. The topological polar surface area (TPSA) is 0 Å². The molecule has 0 saturated carbocycles. The highest BCUT2D eigenvalue weighted by Gasteiger charge is 2.18. The smallest absolute Gasteiger partial charge is 0.127 e. The van der Waals surface area contributed by atoms with Crippen LogP contribution in [0, 0.1) is 5.82 Å². The van der Waals surface area contributed by atoms with E-state index in [1.165, 1.54) is 0 Å². The lowest BCUT2D eigenvalue weighted by atomic mass is 9.87. The SMILES string of the molecule is CSc1ccc(F)c(C(C)(C)C)c1. The number of rotatable bonds is 1. The van der Waals surface area contributed by atoms with Gasteiger partial charge in [-0.05, 0) is 35.4 Å². The highest BCUT2D eigenvalue weighted by molar-refractivity contribution is 7.98. The lowest BCUT2D eigenvalue weighted by molar-refractivity contribution is 0.521. The van der Waals surface area contributed by atoms with E-state index in [4.69, 9.17) is 0 Å². The molecule has 0 bridgehead atoms. The zero-order chi connectivity index (χ0) is 10.1. The van der Waals surface area contributed by atoms with Crippen LogP contribution in [0.3, 0.4) is 0 Å². The van der Waals surface area contributed by atoms with Gasteiger partial charge >= 0.3 is 0 Å². The highest BCUT2D eigenvalue weighted by Crippen LogP contribution is 2.28. The first-order valence-electron chi connectivity index (χ1n) is 4.29. The third kappa shape index (κ3) is 2.47. The molecular weight excluding hydrogens is 183 g/mol. The van der Waals surface area contributed by atoms with Crippen LogP contribution in [0.2, 0.25) is 0 Å². The Bertz CT molecular complexity index is 299. The molecule has 1 rings (SSSR count). The fourth-order valence-corrected chi connectivity index (χ4v) is 1.65. The summed E-state index contributed by atoms with van der Waals surface area (Å²) in [5.74, 6) is -0.106. The summed E-state index contributed by atoms with van der Waals surface area (Å²) >= 11 is 1.64. The molecule has 72 valence electrons. The molecule has 0 nitrogen and oxygen atoms in total. The van der Waals surface area contributed by atoms with Crippen LogP contribution in [-0.2, 0) is 5.41 Å². The van der Waals surface area contributed by atoms with Crippen LogP contribution < -0.4 is 0 Å². The molecule has 0 unspecified atom stereocenters. The number of hydrogen-bond acceptors (Lipinski definition) is 1. The van der Waals surface area contributed by atoms with Crippen LogP contribution in [0.5, 0.6) is 0 Å². The molecule has 2 heteroatoms. The van der Waals surface area contributed by atoms with Gasteiger partial charge in [0.2, 0.25) is 0 Å². The predicted octanol–water partition coefficient (Wildman–Crippen LogP) is 3.85. The maximum Gasteiger partial charge on any atom is 0.127 e. The Labute approximate surface area is 83.5 Å². The molecule has 0 aliphatic carbocycles. The van der Waals surface area contributed by atoms with E-state index in [0.717, 1.165) is 10.5 Å². The summed E-state index contributed by atoms with van der Waals surface area (Å²) in [5.41, 5.74) is 0.676. The number of halogens is 1. The van der Waals surface area contributed by atoms with Crippen molar-refractivity contribution in [3.63, 3.8) is 0 Å². The van der Waals surface area contributed by atoms with Gasteiger partial charge in [0.05, 0.1) is 0 Å². The Balaban J connectivity index is 3.19. The average molecular weight is 198 g/mol. The van der Waals surface area contributed by atoms with Crippen molar-refractivity contribution in [2.24, 2.45) is 0 Å². The first-order chi connectivity index (χ1) is 5.95. The van der Waals surface area contributed by atoms with Crippen molar-refractivity contribution >= 4 is 11.8 Å². The summed E-state index contributed by atoms with van der Waals surface area (Å²) in [6.07, 6.45) is 2.00. The molecule has 1 aromatic rings. The molecule has 0 saturated heterocycles. The highest BCUT2D eigenvalue weighted by atomic mass is 32.2. The monoisotopic (exact) mass is 198 g/mol. The molecule has 0 spiro atoms. The number of benzene rings is 1. The molecule has 1 aromatic carbocycles. The molecule has 13 heavy (non-hydrogen) atoms. The second-order valence-electron chi connectivity index (χ2n) is 4.10. The van der Waals surface area contributed by atoms with Crippen LogP contribution in [0.25, 0.3) is 0 Å². The van der Waals surface area contributed by atoms with Crippen LogP contribution >= 0.6 is 11.8 Å². The summed E-state index contributed by atoms with van der Waals surface area (Å²) in [6.45, 7) is 6.07. The van der Waals surface area contributed by atoms with Gasteiger partial charge in [-0.3, -0.25) is 0 Å². The Morgan fingerprint density at radius 1 is 1.23 bits per heavy atom. The fraction of sp³-hybridized carbons (Fsp3) is 0.455. The fourth-order valence-electron chi connectivity index (χ4n) is 1.21. The van der Waals surface area contributed by atoms with Crippen molar-refractivity contribution in [1.82, 2.24) is 0 Å². The molecule has 0 aliphatic heterocycles. The van der Waals surface area contributed by atoms with E-state index in [-0.39, 0.29) is 11.2 Å². The van der Waals surface area contributed by atoms with Crippen molar-refractivity contribution in [1.29, 1.82) is 0 Å². The Morgan fingerprint density at radius 3 is 2.31 bits per heavy atom. The van der Waals surface area contributed by atoms with E-state index in [9.17, 15) is 4.39 Å². The van der Waals surface area contributed by atoms with Gasteiger partial charge in [0.25, 0.3) is 0 Å². The van der Waals surface area contributed by atoms with E-state index in [2.05, 4.69) is 0 Å². The van der Waals surface area contributed by atoms with Crippen LogP contribution in [0.15, 0.2) is 23.1 Å². The maximum atomic E-state index is 13.4. The molecule has 0 atom stereocenters. The molecular formula is C11H15FS. The second-order valence-corrected chi connectivity index (χ2v) is 4.98. The normalized spacial score (nSPS) is 11.8. The van der Waals surface area contributed by atoms with Crippen LogP contribution in [0.1, 0.15) is 26.3 Å². The lowest BCUT2D eigenvalue weighted by Crippen LogP contribution is -2.13. The molecule has 0 N–H and O–H groups in total. The Kier molecular flexibility index (Phi) is 3.01. The summed E-state index contributed by atoms with van der Waals surface area (Å²) in [5, 5.41) is 0. The first-order valence-corrected chi connectivity index (χ1v) is 5.51. The van der Waals surface area contributed by atoms with Gasteiger partial charge in [0.1, 0.15) is 5.82 Å². The van der Waals surface area contributed by atoms with E-state index < -0.39 is 0 Å². The predicted molar refractivity (Wildman–Crippen MR) is 56.9 cm³/mol. The van der Waals surface area contributed by atoms with Crippen LogP contribution in [0.4, 0.5) is 4.39 Å². The van der Waals surface area contributed by atoms with Gasteiger partial charge in [0.15, 0.2) is 0 Å². The van der Waals surface area contributed by atoms with Gasteiger partial charge in [0, 0.05) is 4.90 Å². The first kappa shape index (κ1) is 10.6. The molecule has 0 aliphatic rings. The van der Waals surface area contributed by atoms with Crippen molar-refractivity contribution in [2.45, 2.75) is 31.1 Å². The van der Waals surface area contributed by atoms with E-state index in [1.807, 2.05) is 39.2 Å². The van der Waals surface area contributed by atoms with Crippen molar-refractivity contribution in [2.75, 3.05) is 6.26 Å².